The lowest BCUT2D eigenvalue weighted by Crippen LogP contribution is -2.37. The smallest absolute Gasteiger partial charge is 0.389 e. The van der Waals surface area contributed by atoms with Crippen molar-refractivity contribution in [3.8, 4) is 0 Å². The monoisotopic (exact) mass is 554 g/mol. The maximum atomic E-state index is 13.8. The van der Waals surface area contributed by atoms with E-state index in [9.17, 15) is 23.1 Å². The quantitative estimate of drug-likeness (QED) is 0.252. The number of thiazole rings is 1. The van der Waals surface area contributed by atoms with Crippen LogP contribution in [-0.4, -0.2) is 33.6 Å². The summed E-state index contributed by atoms with van der Waals surface area (Å²) in [5.74, 6) is -0.473. The molecular formula is C27H25F3N4O2SSi. The lowest BCUT2D eigenvalue weighted by atomic mass is 10.1. The van der Waals surface area contributed by atoms with E-state index in [0.29, 0.717) is 26.6 Å². The molecule has 6 nitrogen and oxygen atoms in total. The third-order valence-electron chi connectivity index (χ3n) is 6.34. The largest absolute Gasteiger partial charge is 0.416 e. The number of benzene rings is 2. The lowest BCUT2D eigenvalue weighted by molar-refractivity contribution is -0.138. The van der Waals surface area contributed by atoms with Crippen LogP contribution >= 0.6 is 11.3 Å². The second-order valence-electron chi connectivity index (χ2n) is 10.1. The Balaban J connectivity index is 1.60. The van der Waals surface area contributed by atoms with E-state index in [0.717, 1.165) is 16.6 Å². The van der Waals surface area contributed by atoms with Crippen LogP contribution in [0.5, 0.6) is 0 Å². The van der Waals surface area contributed by atoms with Crippen LogP contribution in [0.1, 0.15) is 26.6 Å². The summed E-state index contributed by atoms with van der Waals surface area (Å²) in [5, 5.41) is 14.6. The number of pyridine rings is 1. The van der Waals surface area contributed by atoms with Crippen molar-refractivity contribution in [3.63, 3.8) is 0 Å². The first kappa shape index (κ1) is 26.1. The number of amides is 1. The van der Waals surface area contributed by atoms with Crippen molar-refractivity contribution >= 4 is 57.4 Å². The molecule has 0 atom stereocenters. The number of carbonyl (C=O) groups excluding carboxylic acids is 1. The Morgan fingerprint density at radius 1 is 1.11 bits per heavy atom. The summed E-state index contributed by atoms with van der Waals surface area (Å²) in [4.78, 5) is 22.8. The van der Waals surface area contributed by atoms with Gasteiger partial charge < -0.3 is 15.0 Å². The molecule has 0 fully saturated rings. The Morgan fingerprint density at radius 3 is 2.58 bits per heavy atom. The number of nitrogens with zero attached hydrogens (tertiary/aromatic N) is 3. The van der Waals surface area contributed by atoms with Gasteiger partial charge in [0.1, 0.15) is 21.0 Å². The molecule has 2 N–H and O–H groups in total. The minimum atomic E-state index is -4.52. The predicted molar refractivity (Wildman–Crippen MR) is 147 cm³/mol. The molecule has 3 heterocycles. The number of fused-ring (bicyclic) bond motifs is 2. The Hall–Kier alpha value is -3.54. The lowest BCUT2D eigenvalue weighted by Gasteiger charge is -2.19. The van der Waals surface area contributed by atoms with Gasteiger partial charge in [0.25, 0.3) is 5.91 Å². The van der Waals surface area contributed by atoms with Gasteiger partial charge in [-0.2, -0.15) is 13.2 Å². The molecule has 1 amide bonds. The molecule has 0 saturated carbocycles. The van der Waals surface area contributed by atoms with Crippen molar-refractivity contribution in [3.05, 3.63) is 82.6 Å². The van der Waals surface area contributed by atoms with Gasteiger partial charge in [-0.1, -0.05) is 66.5 Å². The molecule has 2 aromatic carbocycles. The highest BCUT2D eigenvalue weighted by Gasteiger charge is 2.33. The Kier molecular flexibility index (Phi) is 6.62. The minimum absolute atomic E-state index is 0.0760. The fourth-order valence-corrected chi connectivity index (χ4v) is 6.28. The molecule has 11 heteroatoms. The van der Waals surface area contributed by atoms with Crippen molar-refractivity contribution in [2.45, 2.75) is 39.0 Å². The van der Waals surface area contributed by atoms with Crippen molar-refractivity contribution < 1.29 is 23.1 Å². The molecule has 0 unspecified atom stereocenters. The first-order chi connectivity index (χ1) is 17.9. The SMILES string of the molecule is C[Si](C)(C)c1ccc2cc(C(=O)Nc3cnc4sc(CO)nc4c3)n(Cc3ccccc3C(F)(F)F)c2c1. The molecule has 0 bridgehead atoms. The summed E-state index contributed by atoms with van der Waals surface area (Å²) in [7, 11) is -1.74. The van der Waals surface area contributed by atoms with E-state index in [1.54, 1.807) is 22.8 Å². The zero-order chi connectivity index (χ0) is 27.2. The summed E-state index contributed by atoms with van der Waals surface area (Å²) in [6.45, 7) is 6.25. The standard InChI is InChI=1S/C27H25F3N4O2SSi/c1-38(2,3)19-9-8-16-10-23(25(36)32-18-11-21-26(31-13-18)37-24(15-35)33-21)34(22(16)12-19)14-17-6-4-5-7-20(17)27(28,29)30/h4-13,35H,14-15H2,1-3H3,(H,32,36). The van der Waals surface area contributed by atoms with E-state index in [4.69, 9.17) is 0 Å². The summed E-state index contributed by atoms with van der Waals surface area (Å²) in [6, 6.07) is 14.7. The molecule has 0 saturated heterocycles. The van der Waals surface area contributed by atoms with E-state index >= 15 is 0 Å². The molecule has 0 spiro atoms. The number of hydrogen-bond donors (Lipinski definition) is 2. The summed E-state index contributed by atoms with van der Waals surface area (Å²) >= 11 is 1.26. The van der Waals surface area contributed by atoms with Crippen LogP contribution in [0.15, 0.2) is 60.8 Å². The van der Waals surface area contributed by atoms with E-state index in [1.165, 1.54) is 29.7 Å². The van der Waals surface area contributed by atoms with Crippen molar-refractivity contribution in [2.75, 3.05) is 5.32 Å². The van der Waals surface area contributed by atoms with Crippen LogP contribution in [0, 0.1) is 0 Å². The number of alkyl halides is 3. The molecule has 0 aliphatic heterocycles. The van der Waals surface area contributed by atoms with Gasteiger partial charge in [0.15, 0.2) is 0 Å². The predicted octanol–water partition coefficient (Wildman–Crippen LogP) is 6.00. The third kappa shape index (κ3) is 5.09. The number of aliphatic hydroxyl groups excluding tert-OH is 1. The number of nitrogens with one attached hydrogen (secondary N) is 1. The van der Waals surface area contributed by atoms with Crippen molar-refractivity contribution in [1.82, 2.24) is 14.5 Å². The Bertz CT molecular complexity index is 1670. The number of anilines is 1. The van der Waals surface area contributed by atoms with Gasteiger partial charge >= 0.3 is 6.18 Å². The summed E-state index contributed by atoms with van der Waals surface area (Å²) < 4.78 is 43.1. The Labute approximate surface area is 221 Å². The molecule has 38 heavy (non-hydrogen) atoms. The number of halogens is 3. The highest BCUT2D eigenvalue weighted by Crippen LogP contribution is 2.33. The number of hydrogen-bond acceptors (Lipinski definition) is 5. The van der Waals surface area contributed by atoms with Crippen LogP contribution in [-0.2, 0) is 19.3 Å². The van der Waals surface area contributed by atoms with Gasteiger partial charge in [-0.25, -0.2) is 9.97 Å². The fraction of sp³-hybridized carbons (Fsp3) is 0.222. The molecule has 5 aromatic rings. The molecule has 0 radical (unpaired) electrons. The Morgan fingerprint density at radius 2 is 1.87 bits per heavy atom. The van der Waals surface area contributed by atoms with Crippen LogP contribution in [0.2, 0.25) is 19.6 Å². The van der Waals surface area contributed by atoms with E-state index in [2.05, 4.69) is 34.9 Å². The number of rotatable bonds is 6. The fourth-order valence-electron chi connectivity index (χ4n) is 4.38. The van der Waals surface area contributed by atoms with Gasteiger partial charge in [-0.3, -0.25) is 4.79 Å². The average Bonchev–Trinajstić information content (AvgIpc) is 3.44. The summed E-state index contributed by atoms with van der Waals surface area (Å²) in [5.41, 5.74) is 1.22. The molecule has 196 valence electrons. The van der Waals surface area contributed by atoms with E-state index in [1.807, 2.05) is 18.2 Å². The van der Waals surface area contributed by atoms with Crippen LogP contribution in [0.4, 0.5) is 18.9 Å². The molecule has 0 aliphatic rings. The highest BCUT2D eigenvalue weighted by molar-refractivity contribution is 7.18. The zero-order valence-electron chi connectivity index (χ0n) is 20.9. The van der Waals surface area contributed by atoms with Gasteiger partial charge in [-0.05, 0) is 29.8 Å². The van der Waals surface area contributed by atoms with Gasteiger partial charge in [0.2, 0.25) is 0 Å². The highest BCUT2D eigenvalue weighted by atomic mass is 32.1. The van der Waals surface area contributed by atoms with E-state index in [-0.39, 0.29) is 24.4 Å². The summed E-state index contributed by atoms with van der Waals surface area (Å²) in [6.07, 6.45) is -3.03. The normalized spacial score (nSPS) is 12.4. The zero-order valence-corrected chi connectivity index (χ0v) is 22.7. The van der Waals surface area contributed by atoms with Gasteiger partial charge in [0, 0.05) is 17.4 Å². The van der Waals surface area contributed by atoms with E-state index < -0.39 is 25.7 Å². The first-order valence-corrected chi connectivity index (χ1v) is 16.2. The number of carbonyl (C=O) groups is 1. The van der Waals surface area contributed by atoms with Crippen molar-refractivity contribution in [2.24, 2.45) is 0 Å². The van der Waals surface area contributed by atoms with Crippen LogP contribution in [0.25, 0.3) is 21.3 Å². The molecule has 3 aromatic heterocycles. The van der Waals surface area contributed by atoms with Crippen LogP contribution < -0.4 is 10.5 Å². The molecule has 5 rings (SSSR count). The maximum absolute atomic E-state index is 13.8. The third-order valence-corrected chi connectivity index (χ3v) is 9.35. The van der Waals surface area contributed by atoms with Gasteiger partial charge in [-0.15, -0.1) is 0 Å². The average molecular weight is 555 g/mol. The second kappa shape index (κ2) is 9.64. The number of aromatic nitrogens is 3. The number of aliphatic hydroxyl groups is 1. The van der Waals surface area contributed by atoms with Gasteiger partial charge in [0.05, 0.1) is 32.1 Å². The molecular weight excluding hydrogens is 529 g/mol. The van der Waals surface area contributed by atoms with Crippen molar-refractivity contribution in [1.29, 1.82) is 0 Å². The van der Waals surface area contributed by atoms with Crippen LogP contribution in [0.3, 0.4) is 0 Å². The minimum Gasteiger partial charge on any atom is -0.389 e. The second-order valence-corrected chi connectivity index (χ2v) is 16.2. The maximum Gasteiger partial charge on any atom is 0.416 e. The first-order valence-electron chi connectivity index (χ1n) is 11.9. The topological polar surface area (TPSA) is 80.0 Å². The molecule has 0 aliphatic carbocycles.